The van der Waals surface area contributed by atoms with E-state index in [0.717, 1.165) is 25.2 Å². The van der Waals surface area contributed by atoms with Gasteiger partial charge in [-0.15, -0.1) is 0 Å². The molecule has 0 amide bonds. The maximum absolute atomic E-state index is 11.6. The van der Waals surface area contributed by atoms with E-state index in [1.165, 1.54) is 12.8 Å². The van der Waals surface area contributed by atoms with Gasteiger partial charge in [0.2, 0.25) is 0 Å². The van der Waals surface area contributed by atoms with Crippen LogP contribution in [0.3, 0.4) is 0 Å². The van der Waals surface area contributed by atoms with Gasteiger partial charge in [-0.3, -0.25) is 4.79 Å². The van der Waals surface area contributed by atoms with Crippen molar-refractivity contribution in [2.24, 2.45) is 17.6 Å². The van der Waals surface area contributed by atoms with Gasteiger partial charge in [-0.25, -0.2) is 0 Å². The average Bonchev–Trinajstić information content (AvgIpc) is 2.29. The molecule has 0 aliphatic heterocycles. The maximum Gasteiger partial charge on any atom is 0.306 e. The zero-order chi connectivity index (χ0) is 12.0. The Morgan fingerprint density at radius 3 is 2.56 bits per heavy atom. The highest BCUT2D eigenvalue weighted by atomic mass is 16.5. The minimum atomic E-state index is -0.0418. The Bertz CT molecular complexity index is 210. The van der Waals surface area contributed by atoms with Crippen LogP contribution >= 0.6 is 0 Å². The number of carbonyl (C=O) groups excluding carboxylic acids is 1. The number of carbonyl (C=O) groups is 1. The Morgan fingerprint density at radius 1 is 1.38 bits per heavy atom. The molecule has 0 spiro atoms. The van der Waals surface area contributed by atoms with Crippen LogP contribution in [-0.4, -0.2) is 18.6 Å². The van der Waals surface area contributed by atoms with E-state index < -0.39 is 0 Å². The molecule has 1 unspecified atom stereocenters. The lowest BCUT2D eigenvalue weighted by Crippen LogP contribution is -2.24. The summed E-state index contributed by atoms with van der Waals surface area (Å²) in [6.07, 6.45) is 6.01. The molecule has 0 bridgehead atoms. The van der Waals surface area contributed by atoms with Crippen LogP contribution in [0.25, 0.3) is 0 Å². The highest BCUT2D eigenvalue weighted by molar-refractivity contribution is 5.69. The van der Waals surface area contributed by atoms with Gasteiger partial charge in [-0.2, -0.15) is 0 Å². The van der Waals surface area contributed by atoms with Crippen molar-refractivity contribution in [1.82, 2.24) is 0 Å². The van der Waals surface area contributed by atoms with Crippen molar-refractivity contribution < 1.29 is 9.53 Å². The average molecular weight is 227 g/mol. The second-order valence-corrected chi connectivity index (χ2v) is 5.25. The Labute approximate surface area is 98.7 Å². The van der Waals surface area contributed by atoms with Crippen LogP contribution in [0, 0.1) is 11.8 Å². The topological polar surface area (TPSA) is 52.3 Å². The molecule has 3 nitrogen and oxygen atoms in total. The van der Waals surface area contributed by atoms with Gasteiger partial charge in [0.05, 0.1) is 0 Å². The number of hydrogen-bond acceptors (Lipinski definition) is 3. The van der Waals surface area contributed by atoms with E-state index in [-0.39, 0.29) is 12.1 Å². The van der Waals surface area contributed by atoms with Crippen molar-refractivity contribution >= 4 is 5.97 Å². The third kappa shape index (κ3) is 4.97. The number of nitrogens with two attached hydrogens (primary N) is 1. The number of rotatable bonds is 5. The van der Waals surface area contributed by atoms with Gasteiger partial charge in [-0.05, 0) is 50.5 Å². The van der Waals surface area contributed by atoms with Crippen molar-refractivity contribution in [3.63, 3.8) is 0 Å². The summed E-state index contributed by atoms with van der Waals surface area (Å²) in [7, 11) is 0. The molecule has 1 fully saturated rings. The van der Waals surface area contributed by atoms with Crippen LogP contribution < -0.4 is 5.73 Å². The van der Waals surface area contributed by atoms with Gasteiger partial charge < -0.3 is 10.5 Å². The van der Waals surface area contributed by atoms with Gasteiger partial charge in [-0.1, -0.05) is 13.8 Å². The van der Waals surface area contributed by atoms with E-state index in [0.29, 0.717) is 18.9 Å². The van der Waals surface area contributed by atoms with Crippen LogP contribution in [0.2, 0.25) is 0 Å². The summed E-state index contributed by atoms with van der Waals surface area (Å²) in [5.41, 5.74) is 5.51. The maximum atomic E-state index is 11.6. The van der Waals surface area contributed by atoms with Gasteiger partial charge in [0, 0.05) is 6.42 Å². The monoisotopic (exact) mass is 227 g/mol. The Kier molecular flexibility index (Phi) is 5.81. The Morgan fingerprint density at radius 2 is 2.00 bits per heavy atom. The predicted molar refractivity (Wildman–Crippen MR) is 65.0 cm³/mol. The SMILES string of the molecule is CC(CN)CCC(=O)OC1CCC(C)CC1. The molecule has 0 heterocycles. The minimum absolute atomic E-state index is 0.0418. The quantitative estimate of drug-likeness (QED) is 0.734. The summed E-state index contributed by atoms with van der Waals surface area (Å²) in [6.45, 7) is 4.98. The third-order valence-corrected chi connectivity index (χ3v) is 3.50. The molecule has 94 valence electrons. The Balaban J connectivity index is 2.14. The van der Waals surface area contributed by atoms with Crippen molar-refractivity contribution in [3.8, 4) is 0 Å². The highest BCUT2D eigenvalue weighted by Gasteiger charge is 2.21. The molecule has 2 N–H and O–H groups in total. The zero-order valence-electron chi connectivity index (χ0n) is 10.6. The standard InChI is InChI=1S/C13H25NO2/c1-10-3-6-12(7-4-10)16-13(15)8-5-11(2)9-14/h10-12H,3-9,14H2,1-2H3. The van der Waals surface area contributed by atoms with Crippen molar-refractivity contribution in [2.45, 2.75) is 58.5 Å². The number of hydrogen-bond donors (Lipinski definition) is 1. The fourth-order valence-corrected chi connectivity index (χ4v) is 2.07. The summed E-state index contributed by atoms with van der Waals surface area (Å²) >= 11 is 0. The minimum Gasteiger partial charge on any atom is -0.462 e. The largest absolute Gasteiger partial charge is 0.462 e. The molecule has 0 aromatic carbocycles. The molecule has 1 saturated carbocycles. The molecule has 0 aromatic rings. The van der Waals surface area contributed by atoms with Gasteiger partial charge >= 0.3 is 5.97 Å². The lowest BCUT2D eigenvalue weighted by molar-refractivity contribution is -0.151. The van der Waals surface area contributed by atoms with Crippen LogP contribution in [0.4, 0.5) is 0 Å². The molecule has 1 aliphatic rings. The summed E-state index contributed by atoms with van der Waals surface area (Å²) in [5.74, 6) is 1.17. The fourth-order valence-electron chi connectivity index (χ4n) is 2.07. The molecule has 0 radical (unpaired) electrons. The summed E-state index contributed by atoms with van der Waals surface area (Å²) in [4.78, 5) is 11.6. The molecule has 0 aromatic heterocycles. The fraction of sp³-hybridized carbons (Fsp3) is 0.923. The van der Waals surface area contributed by atoms with E-state index in [1.807, 2.05) is 0 Å². The van der Waals surface area contributed by atoms with E-state index >= 15 is 0 Å². The molecule has 1 atom stereocenters. The zero-order valence-corrected chi connectivity index (χ0v) is 10.6. The molecular weight excluding hydrogens is 202 g/mol. The summed E-state index contributed by atoms with van der Waals surface area (Å²) < 4.78 is 5.45. The van der Waals surface area contributed by atoms with Gasteiger partial charge in [0.15, 0.2) is 0 Å². The summed E-state index contributed by atoms with van der Waals surface area (Å²) in [6, 6.07) is 0. The van der Waals surface area contributed by atoms with Crippen LogP contribution in [-0.2, 0) is 9.53 Å². The Hall–Kier alpha value is -0.570. The van der Waals surface area contributed by atoms with E-state index in [2.05, 4.69) is 13.8 Å². The van der Waals surface area contributed by atoms with Gasteiger partial charge in [0.25, 0.3) is 0 Å². The smallest absolute Gasteiger partial charge is 0.306 e. The summed E-state index contributed by atoms with van der Waals surface area (Å²) in [5, 5.41) is 0. The second-order valence-electron chi connectivity index (χ2n) is 5.25. The molecule has 1 aliphatic carbocycles. The molecule has 1 rings (SSSR count). The lowest BCUT2D eigenvalue weighted by Gasteiger charge is -2.26. The van der Waals surface area contributed by atoms with Crippen LogP contribution in [0.5, 0.6) is 0 Å². The van der Waals surface area contributed by atoms with Crippen LogP contribution in [0.1, 0.15) is 52.4 Å². The van der Waals surface area contributed by atoms with Crippen molar-refractivity contribution in [2.75, 3.05) is 6.54 Å². The number of esters is 1. The number of ether oxygens (including phenoxy) is 1. The third-order valence-electron chi connectivity index (χ3n) is 3.50. The van der Waals surface area contributed by atoms with Gasteiger partial charge in [0.1, 0.15) is 6.10 Å². The molecule has 16 heavy (non-hydrogen) atoms. The van der Waals surface area contributed by atoms with E-state index in [4.69, 9.17) is 10.5 Å². The first-order valence-electron chi connectivity index (χ1n) is 6.51. The lowest BCUT2D eigenvalue weighted by atomic mass is 9.89. The predicted octanol–water partition coefficient (Wildman–Crippen LogP) is 2.48. The first-order valence-corrected chi connectivity index (χ1v) is 6.51. The molecule has 0 saturated heterocycles. The van der Waals surface area contributed by atoms with E-state index in [9.17, 15) is 4.79 Å². The normalized spacial score (nSPS) is 27.4. The molecular formula is C13H25NO2. The first-order chi connectivity index (χ1) is 7.61. The second kappa shape index (κ2) is 6.89. The van der Waals surface area contributed by atoms with Crippen molar-refractivity contribution in [1.29, 1.82) is 0 Å². The van der Waals surface area contributed by atoms with E-state index in [1.54, 1.807) is 0 Å². The highest BCUT2D eigenvalue weighted by Crippen LogP contribution is 2.25. The van der Waals surface area contributed by atoms with Crippen LogP contribution in [0.15, 0.2) is 0 Å². The first kappa shape index (κ1) is 13.5. The van der Waals surface area contributed by atoms with Crippen molar-refractivity contribution in [3.05, 3.63) is 0 Å². The molecule has 3 heteroatoms.